The molecule has 2 aromatic carbocycles. The van der Waals surface area contributed by atoms with Gasteiger partial charge in [-0.15, -0.1) is 0 Å². The van der Waals surface area contributed by atoms with E-state index in [9.17, 15) is 4.79 Å². The van der Waals surface area contributed by atoms with Gasteiger partial charge in [-0.3, -0.25) is 19.4 Å². The van der Waals surface area contributed by atoms with Crippen molar-refractivity contribution < 1.29 is 9.53 Å². The van der Waals surface area contributed by atoms with Crippen LogP contribution in [0.4, 0.5) is 0 Å². The first-order valence-corrected chi connectivity index (χ1v) is 11.4. The third kappa shape index (κ3) is 5.45. The van der Waals surface area contributed by atoms with E-state index in [-0.39, 0.29) is 18.5 Å². The number of ether oxygens (including phenoxy) is 1. The zero-order valence-electron chi connectivity index (χ0n) is 17.9. The molecule has 1 aromatic heterocycles. The topological polar surface area (TPSA) is 75.2 Å². The number of carbonyl (C=O) groups excluding carboxylic acids is 1. The Kier molecular flexibility index (Phi) is 7.36. The van der Waals surface area contributed by atoms with Crippen molar-refractivity contribution in [3.63, 3.8) is 0 Å². The van der Waals surface area contributed by atoms with E-state index in [4.69, 9.17) is 28.6 Å². The first-order valence-electron chi connectivity index (χ1n) is 10.6. The predicted octanol–water partition coefficient (Wildman–Crippen LogP) is 3.76. The van der Waals surface area contributed by atoms with Crippen molar-refractivity contribution in [3.8, 4) is 11.4 Å². The number of benzene rings is 2. The van der Waals surface area contributed by atoms with Gasteiger partial charge in [-0.2, -0.15) is 5.10 Å². The molecule has 0 aliphatic carbocycles. The lowest BCUT2D eigenvalue weighted by atomic mass is 10.0. The first kappa shape index (κ1) is 22.7. The monoisotopic (exact) mass is 471 g/mol. The van der Waals surface area contributed by atoms with Gasteiger partial charge in [0, 0.05) is 30.2 Å². The van der Waals surface area contributed by atoms with Crippen LogP contribution < -0.4 is 5.32 Å². The maximum atomic E-state index is 12.9. The summed E-state index contributed by atoms with van der Waals surface area (Å²) in [5.41, 5.74) is 3.17. The summed E-state index contributed by atoms with van der Waals surface area (Å²) in [4.78, 5) is 15.2. The minimum absolute atomic E-state index is 0.0361. The van der Waals surface area contributed by atoms with E-state index < -0.39 is 0 Å². The van der Waals surface area contributed by atoms with Crippen LogP contribution in [0.3, 0.4) is 0 Å². The van der Waals surface area contributed by atoms with Crippen molar-refractivity contribution in [1.29, 1.82) is 0 Å². The Labute approximate surface area is 197 Å². The van der Waals surface area contributed by atoms with Crippen molar-refractivity contribution in [2.45, 2.75) is 19.5 Å². The zero-order chi connectivity index (χ0) is 22.5. The van der Waals surface area contributed by atoms with Gasteiger partial charge in [0.15, 0.2) is 10.6 Å². The molecule has 1 saturated heterocycles. The van der Waals surface area contributed by atoms with Crippen molar-refractivity contribution in [2.75, 3.05) is 32.8 Å². The van der Waals surface area contributed by atoms with E-state index in [1.54, 1.807) is 4.57 Å². The highest BCUT2D eigenvalue weighted by atomic mass is 35.5. The fourth-order valence-electron chi connectivity index (χ4n) is 3.83. The molecule has 9 heteroatoms. The van der Waals surface area contributed by atoms with Gasteiger partial charge in [-0.25, -0.2) is 0 Å². The number of carbonyl (C=O) groups is 1. The Morgan fingerprint density at radius 1 is 1.19 bits per heavy atom. The van der Waals surface area contributed by atoms with E-state index in [1.807, 2.05) is 55.5 Å². The molecule has 0 radical (unpaired) electrons. The Morgan fingerprint density at radius 2 is 1.88 bits per heavy atom. The second-order valence-electron chi connectivity index (χ2n) is 7.82. The number of aromatic amines is 1. The molecule has 0 bridgehead atoms. The number of aryl methyl sites for hydroxylation is 1. The molecular formula is C23H26ClN5O2S. The van der Waals surface area contributed by atoms with Crippen LogP contribution in [0.5, 0.6) is 0 Å². The summed E-state index contributed by atoms with van der Waals surface area (Å²) in [6, 6.07) is 15.8. The highest BCUT2D eigenvalue weighted by Crippen LogP contribution is 2.23. The van der Waals surface area contributed by atoms with Crippen molar-refractivity contribution in [1.82, 2.24) is 25.0 Å². The van der Waals surface area contributed by atoms with Gasteiger partial charge >= 0.3 is 0 Å². The number of hydrogen-bond donors (Lipinski definition) is 2. The molecule has 1 aliphatic rings. The van der Waals surface area contributed by atoms with Crippen molar-refractivity contribution in [2.24, 2.45) is 0 Å². The number of amides is 1. The lowest BCUT2D eigenvalue weighted by Crippen LogP contribution is -2.44. The molecule has 1 atom stereocenters. The molecule has 1 fully saturated rings. The van der Waals surface area contributed by atoms with Gasteiger partial charge in [-0.1, -0.05) is 53.6 Å². The smallest absolute Gasteiger partial charge is 0.240 e. The SMILES string of the molecule is Cc1ccc(-c2n[nH]c(=S)n2CC(=O)NCC(c2ccc(Cl)cc2)N2CCOCC2)cc1. The van der Waals surface area contributed by atoms with E-state index in [0.29, 0.717) is 35.4 Å². The van der Waals surface area contributed by atoms with Gasteiger partial charge in [-0.05, 0) is 36.8 Å². The Morgan fingerprint density at radius 3 is 2.56 bits per heavy atom. The van der Waals surface area contributed by atoms with E-state index in [2.05, 4.69) is 20.4 Å². The molecule has 0 spiro atoms. The van der Waals surface area contributed by atoms with Crippen LogP contribution in [0.15, 0.2) is 48.5 Å². The molecule has 32 heavy (non-hydrogen) atoms. The molecule has 7 nitrogen and oxygen atoms in total. The number of nitrogens with one attached hydrogen (secondary N) is 2. The fraction of sp³-hybridized carbons (Fsp3) is 0.348. The van der Waals surface area contributed by atoms with E-state index in [1.165, 1.54) is 0 Å². The second-order valence-corrected chi connectivity index (χ2v) is 8.65. The van der Waals surface area contributed by atoms with Crippen LogP contribution in [0, 0.1) is 11.7 Å². The summed E-state index contributed by atoms with van der Waals surface area (Å²) in [6.45, 7) is 5.59. The Hall–Kier alpha value is -2.52. The van der Waals surface area contributed by atoms with Gasteiger partial charge in [0.25, 0.3) is 0 Å². The lowest BCUT2D eigenvalue weighted by molar-refractivity contribution is -0.122. The average molecular weight is 472 g/mol. The standard InChI is InChI=1S/C23H26ClN5O2S/c1-16-2-4-18(5-3-16)22-26-27-23(32)29(22)15-21(30)25-14-20(28-10-12-31-13-11-28)17-6-8-19(24)9-7-17/h2-9,20H,10-15H2,1H3,(H,25,30)(H,27,32). The normalized spacial score (nSPS) is 15.4. The Balaban J connectivity index is 1.47. The van der Waals surface area contributed by atoms with Crippen LogP contribution in [-0.4, -0.2) is 58.4 Å². The average Bonchev–Trinajstić information content (AvgIpc) is 3.16. The predicted molar refractivity (Wildman–Crippen MR) is 127 cm³/mol. The molecule has 168 valence electrons. The molecule has 3 aromatic rings. The van der Waals surface area contributed by atoms with Crippen LogP contribution >= 0.6 is 23.8 Å². The fourth-order valence-corrected chi connectivity index (χ4v) is 4.15. The molecule has 2 heterocycles. The minimum Gasteiger partial charge on any atom is -0.379 e. The zero-order valence-corrected chi connectivity index (χ0v) is 19.5. The molecule has 1 unspecified atom stereocenters. The second kappa shape index (κ2) is 10.4. The maximum Gasteiger partial charge on any atom is 0.240 e. The van der Waals surface area contributed by atoms with Gasteiger partial charge in [0.2, 0.25) is 5.91 Å². The van der Waals surface area contributed by atoms with Crippen LogP contribution in [-0.2, 0) is 16.1 Å². The minimum atomic E-state index is -0.122. The number of H-pyrrole nitrogens is 1. The van der Waals surface area contributed by atoms with Crippen LogP contribution in [0.25, 0.3) is 11.4 Å². The quantitative estimate of drug-likeness (QED) is 0.513. The number of rotatable bonds is 7. The summed E-state index contributed by atoms with van der Waals surface area (Å²) in [5.74, 6) is 0.524. The lowest BCUT2D eigenvalue weighted by Gasteiger charge is -2.35. The molecule has 2 N–H and O–H groups in total. The van der Waals surface area contributed by atoms with E-state index >= 15 is 0 Å². The molecule has 4 rings (SSSR count). The first-order chi connectivity index (χ1) is 15.5. The number of hydrogen-bond acceptors (Lipinski definition) is 5. The highest BCUT2D eigenvalue weighted by molar-refractivity contribution is 7.71. The Bertz CT molecular complexity index is 1100. The van der Waals surface area contributed by atoms with Crippen molar-refractivity contribution >= 4 is 29.7 Å². The number of halogens is 1. The third-order valence-electron chi connectivity index (χ3n) is 5.60. The van der Waals surface area contributed by atoms with Gasteiger partial charge in [0.1, 0.15) is 6.54 Å². The number of morpholine rings is 1. The molecule has 1 aliphatic heterocycles. The summed E-state index contributed by atoms with van der Waals surface area (Å²) in [5, 5.41) is 10.9. The number of nitrogens with zero attached hydrogens (tertiary/aromatic N) is 3. The third-order valence-corrected chi connectivity index (χ3v) is 6.17. The van der Waals surface area contributed by atoms with Crippen LogP contribution in [0.1, 0.15) is 17.2 Å². The van der Waals surface area contributed by atoms with Crippen LogP contribution in [0.2, 0.25) is 5.02 Å². The summed E-state index contributed by atoms with van der Waals surface area (Å²) < 4.78 is 7.64. The van der Waals surface area contributed by atoms with Crippen molar-refractivity contribution in [3.05, 3.63) is 69.5 Å². The van der Waals surface area contributed by atoms with Gasteiger partial charge in [0.05, 0.1) is 19.3 Å². The molecule has 0 saturated carbocycles. The summed E-state index contributed by atoms with van der Waals surface area (Å²) >= 11 is 11.4. The largest absolute Gasteiger partial charge is 0.379 e. The highest BCUT2D eigenvalue weighted by Gasteiger charge is 2.23. The maximum absolute atomic E-state index is 12.9. The van der Waals surface area contributed by atoms with Gasteiger partial charge < -0.3 is 10.1 Å². The summed E-state index contributed by atoms with van der Waals surface area (Å²) in [7, 11) is 0. The summed E-state index contributed by atoms with van der Waals surface area (Å²) in [6.07, 6.45) is 0. The molecule has 1 amide bonds. The number of aromatic nitrogens is 3. The van der Waals surface area contributed by atoms with E-state index in [0.717, 1.165) is 29.8 Å². The molecular weight excluding hydrogens is 446 g/mol.